The minimum Gasteiger partial charge on any atom is -0.341 e. The summed E-state index contributed by atoms with van der Waals surface area (Å²) in [5.74, 6) is -0.537. The molecule has 4 rings (SSSR count). The third kappa shape index (κ3) is 5.45. The molecule has 2 aromatic carbocycles. The molecule has 2 aliphatic rings. The summed E-state index contributed by atoms with van der Waals surface area (Å²) in [6, 6.07) is 13.5. The van der Waals surface area contributed by atoms with E-state index in [0.717, 1.165) is 49.9 Å². The van der Waals surface area contributed by atoms with Crippen LogP contribution in [0.2, 0.25) is 0 Å². The number of hydrogen-bond donors (Lipinski definition) is 1. The Morgan fingerprint density at radius 2 is 1.84 bits per heavy atom. The highest BCUT2D eigenvalue weighted by atomic mass is 32.2. The molecule has 9 heteroatoms. The van der Waals surface area contributed by atoms with Crippen LogP contribution in [0.1, 0.15) is 24.0 Å². The summed E-state index contributed by atoms with van der Waals surface area (Å²) in [7, 11) is 0. The summed E-state index contributed by atoms with van der Waals surface area (Å²) >= 11 is 1.15. The Morgan fingerprint density at radius 3 is 2.59 bits per heavy atom. The van der Waals surface area contributed by atoms with Crippen LogP contribution < -0.4 is 5.32 Å². The first-order valence-electron chi connectivity index (χ1n) is 10.5. The summed E-state index contributed by atoms with van der Waals surface area (Å²) in [4.78, 5) is 30.0. The molecular formula is C23H24F3N3O2S. The van der Waals surface area contributed by atoms with Crippen molar-refractivity contribution >= 4 is 29.3 Å². The monoisotopic (exact) mass is 463 g/mol. The molecule has 1 N–H and O–H groups in total. The number of anilines is 1. The standard InChI is InChI=1S/C23H24F3N3O2S/c24-23(25,26)17-7-8-19-18(13-17)27-22(31)20(32-19)14-21(30)29-10-4-9-28(11-12-29)15-16-5-2-1-3-6-16/h1-3,5-8,13,20H,4,9-12,14-15H2,(H,27,31). The normalized spacial score (nSPS) is 19.8. The van der Waals surface area contributed by atoms with Crippen LogP contribution in [-0.4, -0.2) is 53.0 Å². The molecule has 1 fully saturated rings. The number of carbonyl (C=O) groups is 2. The average molecular weight is 464 g/mol. The second-order valence-electron chi connectivity index (χ2n) is 8.00. The quantitative estimate of drug-likeness (QED) is 0.737. The molecule has 2 aliphatic heterocycles. The van der Waals surface area contributed by atoms with Crippen molar-refractivity contribution in [3.05, 3.63) is 59.7 Å². The highest BCUT2D eigenvalue weighted by Gasteiger charge is 2.35. The van der Waals surface area contributed by atoms with E-state index >= 15 is 0 Å². The maximum absolute atomic E-state index is 12.9. The van der Waals surface area contributed by atoms with Crippen LogP contribution in [0.4, 0.5) is 18.9 Å². The molecule has 0 aromatic heterocycles. The maximum atomic E-state index is 12.9. The minimum atomic E-state index is -4.47. The molecule has 0 spiro atoms. The number of thioether (sulfide) groups is 1. The van der Waals surface area contributed by atoms with Gasteiger partial charge in [0.2, 0.25) is 11.8 Å². The van der Waals surface area contributed by atoms with Gasteiger partial charge >= 0.3 is 6.18 Å². The zero-order valence-electron chi connectivity index (χ0n) is 17.4. The van der Waals surface area contributed by atoms with Crippen LogP contribution >= 0.6 is 11.8 Å². The Bertz CT molecular complexity index is 984. The Kier molecular flexibility index (Phi) is 6.76. The number of nitrogens with one attached hydrogen (secondary N) is 1. The summed E-state index contributed by atoms with van der Waals surface area (Å²) in [6.45, 7) is 3.71. The van der Waals surface area contributed by atoms with Crippen molar-refractivity contribution in [2.45, 2.75) is 35.7 Å². The van der Waals surface area contributed by atoms with Crippen LogP contribution in [0.3, 0.4) is 0 Å². The molecule has 32 heavy (non-hydrogen) atoms. The average Bonchev–Trinajstić information content (AvgIpc) is 2.99. The van der Waals surface area contributed by atoms with Gasteiger partial charge in [-0.1, -0.05) is 30.3 Å². The molecule has 170 valence electrons. The predicted molar refractivity (Wildman–Crippen MR) is 117 cm³/mol. The van der Waals surface area contributed by atoms with Crippen molar-refractivity contribution in [2.75, 3.05) is 31.5 Å². The van der Waals surface area contributed by atoms with Crippen LogP contribution in [0.5, 0.6) is 0 Å². The van der Waals surface area contributed by atoms with Crippen molar-refractivity contribution in [1.82, 2.24) is 9.80 Å². The maximum Gasteiger partial charge on any atom is 0.416 e. The molecule has 2 heterocycles. The van der Waals surface area contributed by atoms with Gasteiger partial charge in [-0.2, -0.15) is 13.2 Å². The molecule has 0 saturated carbocycles. The fourth-order valence-electron chi connectivity index (χ4n) is 3.97. The number of carbonyl (C=O) groups excluding carboxylic acids is 2. The van der Waals surface area contributed by atoms with Gasteiger partial charge in [-0.05, 0) is 30.2 Å². The van der Waals surface area contributed by atoms with E-state index < -0.39 is 22.9 Å². The second kappa shape index (κ2) is 9.54. The van der Waals surface area contributed by atoms with Gasteiger partial charge in [0.25, 0.3) is 0 Å². The highest BCUT2D eigenvalue weighted by molar-refractivity contribution is 8.01. The van der Waals surface area contributed by atoms with Gasteiger partial charge in [-0.3, -0.25) is 14.5 Å². The summed E-state index contributed by atoms with van der Waals surface area (Å²) in [6.07, 6.45) is -3.60. The predicted octanol–water partition coefficient (Wildman–Crippen LogP) is 4.24. The summed E-state index contributed by atoms with van der Waals surface area (Å²) < 4.78 is 38.8. The van der Waals surface area contributed by atoms with E-state index in [1.54, 1.807) is 4.90 Å². The largest absolute Gasteiger partial charge is 0.416 e. The Labute approximate surface area is 189 Å². The molecular weight excluding hydrogens is 439 g/mol. The van der Waals surface area contributed by atoms with E-state index in [4.69, 9.17) is 0 Å². The molecule has 2 aromatic rings. The Hall–Kier alpha value is -2.52. The number of halogens is 3. The molecule has 1 atom stereocenters. The smallest absolute Gasteiger partial charge is 0.341 e. The zero-order valence-corrected chi connectivity index (χ0v) is 18.2. The number of fused-ring (bicyclic) bond motifs is 1. The minimum absolute atomic E-state index is 0.0235. The van der Waals surface area contributed by atoms with E-state index in [0.29, 0.717) is 18.0 Å². The van der Waals surface area contributed by atoms with Crippen molar-refractivity contribution in [3.8, 4) is 0 Å². The lowest BCUT2D eigenvalue weighted by Crippen LogP contribution is -2.39. The van der Waals surface area contributed by atoms with Gasteiger partial charge in [0.05, 0.1) is 16.5 Å². The van der Waals surface area contributed by atoms with Crippen molar-refractivity contribution in [3.63, 3.8) is 0 Å². The fraction of sp³-hybridized carbons (Fsp3) is 0.391. The SMILES string of the molecule is O=C1Nc2cc(C(F)(F)F)ccc2SC1CC(=O)N1CCCN(Cc2ccccc2)CC1. The van der Waals surface area contributed by atoms with Gasteiger partial charge in [0.15, 0.2) is 0 Å². The first-order valence-corrected chi connectivity index (χ1v) is 11.4. The molecule has 0 bridgehead atoms. The molecule has 0 radical (unpaired) electrons. The lowest BCUT2D eigenvalue weighted by atomic mass is 10.1. The van der Waals surface area contributed by atoms with E-state index in [1.165, 1.54) is 11.6 Å². The van der Waals surface area contributed by atoms with E-state index in [2.05, 4.69) is 22.3 Å². The molecule has 1 saturated heterocycles. The van der Waals surface area contributed by atoms with Crippen LogP contribution in [0.25, 0.3) is 0 Å². The third-order valence-electron chi connectivity index (χ3n) is 5.68. The number of alkyl halides is 3. The Balaban J connectivity index is 1.34. The lowest BCUT2D eigenvalue weighted by Gasteiger charge is -2.27. The van der Waals surface area contributed by atoms with Crippen LogP contribution in [0.15, 0.2) is 53.4 Å². The van der Waals surface area contributed by atoms with Crippen molar-refractivity contribution in [1.29, 1.82) is 0 Å². The van der Waals surface area contributed by atoms with E-state index in [9.17, 15) is 22.8 Å². The number of hydrogen-bond acceptors (Lipinski definition) is 4. The van der Waals surface area contributed by atoms with Crippen LogP contribution in [0, 0.1) is 0 Å². The fourth-order valence-corrected chi connectivity index (χ4v) is 5.05. The first-order chi connectivity index (χ1) is 15.3. The first kappa shape index (κ1) is 22.7. The van der Waals surface area contributed by atoms with Gasteiger partial charge in [-0.25, -0.2) is 0 Å². The van der Waals surface area contributed by atoms with Gasteiger partial charge < -0.3 is 10.2 Å². The molecule has 0 aliphatic carbocycles. The zero-order chi connectivity index (χ0) is 22.7. The lowest BCUT2D eigenvalue weighted by molar-refractivity contribution is -0.137. The number of nitrogens with zero attached hydrogens (tertiary/aromatic N) is 2. The molecule has 5 nitrogen and oxygen atoms in total. The summed E-state index contributed by atoms with van der Waals surface area (Å²) in [5.41, 5.74) is 0.566. The van der Waals surface area contributed by atoms with Gasteiger partial charge in [-0.15, -0.1) is 11.8 Å². The van der Waals surface area contributed by atoms with Gasteiger partial charge in [0.1, 0.15) is 0 Å². The third-order valence-corrected chi connectivity index (χ3v) is 6.95. The number of benzene rings is 2. The molecule has 1 unspecified atom stereocenters. The second-order valence-corrected chi connectivity index (χ2v) is 9.25. The van der Waals surface area contributed by atoms with E-state index in [1.807, 2.05) is 18.2 Å². The van der Waals surface area contributed by atoms with Crippen LogP contribution in [-0.2, 0) is 22.3 Å². The highest BCUT2D eigenvalue weighted by Crippen LogP contribution is 2.40. The topological polar surface area (TPSA) is 52.7 Å². The summed E-state index contributed by atoms with van der Waals surface area (Å²) in [5, 5.41) is 1.88. The number of amides is 2. The molecule has 2 amide bonds. The van der Waals surface area contributed by atoms with Crippen molar-refractivity contribution < 1.29 is 22.8 Å². The number of rotatable bonds is 4. The van der Waals surface area contributed by atoms with E-state index in [-0.39, 0.29) is 18.0 Å². The van der Waals surface area contributed by atoms with Crippen molar-refractivity contribution in [2.24, 2.45) is 0 Å². The van der Waals surface area contributed by atoms with Gasteiger partial charge in [0, 0.05) is 44.0 Å². The Morgan fingerprint density at radius 1 is 1.06 bits per heavy atom.